The van der Waals surface area contributed by atoms with Gasteiger partial charge in [-0.2, -0.15) is 0 Å². The molecule has 1 N–H and O–H groups in total. The molecule has 3 rings (SSSR count). The number of hydrogen-bond donors (Lipinski definition) is 1. The van der Waals surface area contributed by atoms with Crippen LogP contribution in [0.4, 0.5) is 0 Å². The summed E-state index contributed by atoms with van der Waals surface area (Å²) in [5.74, 6) is 1.22. The minimum atomic E-state index is 0.0172. The summed E-state index contributed by atoms with van der Waals surface area (Å²) in [7, 11) is 0. The van der Waals surface area contributed by atoms with Crippen LogP contribution in [0, 0.1) is 0 Å². The topological polar surface area (TPSA) is 50.8 Å². The second kappa shape index (κ2) is 9.30. The van der Waals surface area contributed by atoms with E-state index >= 15 is 0 Å². The summed E-state index contributed by atoms with van der Waals surface area (Å²) in [6.07, 6.45) is 6.61. The first kappa shape index (κ1) is 18.3. The summed E-state index contributed by atoms with van der Waals surface area (Å²) in [5.41, 5.74) is 0.847. The lowest BCUT2D eigenvalue weighted by atomic mass is 10.1. The molecule has 0 unspecified atom stereocenters. The van der Waals surface area contributed by atoms with Crippen molar-refractivity contribution >= 4 is 17.5 Å². The lowest BCUT2D eigenvalue weighted by Crippen LogP contribution is -2.31. The predicted octanol–water partition coefficient (Wildman–Crippen LogP) is 3.04. The average molecular weight is 367 g/mol. The number of benzene rings is 1. The number of nitrogens with zero attached hydrogens (tertiary/aromatic N) is 1. The molecule has 1 fully saturated rings. The lowest BCUT2D eigenvalue weighted by molar-refractivity contribution is -0.120. The van der Waals surface area contributed by atoms with Gasteiger partial charge < -0.3 is 19.7 Å². The molecule has 0 spiro atoms. The number of carbonyl (C=O) groups is 1. The molecule has 6 heteroatoms. The highest BCUT2D eigenvalue weighted by molar-refractivity contribution is 6.32. The number of amides is 1. The van der Waals surface area contributed by atoms with E-state index in [9.17, 15) is 4.79 Å². The Labute approximate surface area is 154 Å². The highest BCUT2D eigenvalue weighted by Gasteiger charge is 2.17. The van der Waals surface area contributed by atoms with E-state index in [1.54, 1.807) is 6.07 Å². The van der Waals surface area contributed by atoms with E-state index < -0.39 is 0 Å². The Bertz CT molecular complexity index is 586. The van der Waals surface area contributed by atoms with Gasteiger partial charge in [-0.05, 0) is 56.6 Å². The minimum Gasteiger partial charge on any atom is -0.486 e. The van der Waals surface area contributed by atoms with Gasteiger partial charge in [0.15, 0.2) is 11.5 Å². The third kappa shape index (κ3) is 5.51. The number of carbonyl (C=O) groups excluding carboxylic acids is 1. The van der Waals surface area contributed by atoms with Gasteiger partial charge in [0.25, 0.3) is 0 Å². The summed E-state index contributed by atoms with van der Waals surface area (Å²) < 4.78 is 11.1. The van der Waals surface area contributed by atoms with E-state index in [0.717, 1.165) is 18.5 Å². The summed E-state index contributed by atoms with van der Waals surface area (Å²) in [5, 5.41) is 3.51. The molecular formula is C19H27ClN2O3. The normalized spacial score (nSPS) is 17.8. The molecule has 2 aliphatic heterocycles. The Morgan fingerprint density at radius 2 is 1.88 bits per heavy atom. The second-order valence-electron chi connectivity index (χ2n) is 6.74. The molecular weight excluding hydrogens is 340 g/mol. The van der Waals surface area contributed by atoms with Crippen LogP contribution >= 0.6 is 11.6 Å². The van der Waals surface area contributed by atoms with Crippen molar-refractivity contribution in [2.45, 2.75) is 38.5 Å². The van der Waals surface area contributed by atoms with Gasteiger partial charge in [-0.3, -0.25) is 4.79 Å². The van der Waals surface area contributed by atoms with Crippen LogP contribution in [0.25, 0.3) is 0 Å². The van der Waals surface area contributed by atoms with Gasteiger partial charge >= 0.3 is 0 Å². The smallest absolute Gasteiger partial charge is 0.224 e. The Balaban J connectivity index is 1.41. The molecule has 0 bridgehead atoms. The second-order valence-corrected chi connectivity index (χ2v) is 7.15. The molecule has 1 amide bonds. The van der Waals surface area contributed by atoms with Crippen molar-refractivity contribution in [3.05, 3.63) is 22.7 Å². The average Bonchev–Trinajstić information content (AvgIpc) is 2.87. The van der Waals surface area contributed by atoms with Crippen molar-refractivity contribution in [3.63, 3.8) is 0 Å². The van der Waals surface area contributed by atoms with Crippen LogP contribution in [-0.2, 0) is 11.2 Å². The highest BCUT2D eigenvalue weighted by atomic mass is 35.5. The number of halogens is 1. The molecule has 0 saturated carbocycles. The van der Waals surface area contributed by atoms with E-state index in [4.69, 9.17) is 21.1 Å². The molecule has 1 aromatic rings. The third-order valence-electron chi connectivity index (χ3n) is 4.69. The summed E-state index contributed by atoms with van der Waals surface area (Å²) in [6.45, 7) is 5.19. The number of likely N-dealkylation sites (tertiary alicyclic amines) is 1. The van der Waals surface area contributed by atoms with Crippen LogP contribution in [0.1, 0.15) is 37.7 Å². The molecule has 0 radical (unpaired) electrons. The number of nitrogens with one attached hydrogen (secondary N) is 1. The molecule has 0 aliphatic carbocycles. The van der Waals surface area contributed by atoms with E-state index in [2.05, 4.69) is 10.2 Å². The summed E-state index contributed by atoms with van der Waals surface area (Å²) in [4.78, 5) is 14.7. The third-order valence-corrected chi connectivity index (χ3v) is 4.97. The van der Waals surface area contributed by atoms with Crippen LogP contribution < -0.4 is 14.8 Å². The van der Waals surface area contributed by atoms with Gasteiger partial charge in [0.1, 0.15) is 13.2 Å². The maximum absolute atomic E-state index is 12.2. The molecule has 1 saturated heterocycles. The van der Waals surface area contributed by atoms with Gasteiger partial charge in [0.05, 0.1) is 11.4 Å². The van der Waals surface area contributed by atoms with Crippen LogP contribution in [0.5, 0.6) is 11.5 Å². The van der Waals surface area contributed by atoms with E-state index in [1.165, 1.54) is 38.8 Å². The van der Waals surface area contributed by atoms with Crippen LogP contribution in [0.3, 0.4) is 0 Å². The molecule has 5 nitrogen and oxygen atoms in total. The molecule has 0 aromatic heterocycles. The SMILES string of the molecule is O=C(Cc1cc(Cl)c2c(c1)OCCO2)NCCCN1CCCCCC1. The molecule has 2 heterocycles. The fourth-order valence-electron chi connectivity index (χ4n) is 3.40. The van der Waals surface area contributed by atoms with Crippen molar-refractivity contribution < 1.29 is 14.3 Å². The summed E-state index contributed by atoms with van der Waals surface area (Å²) in [6, 6.07) is 3.63. The van der Waals surface area contributed by atoms with E-state index in [-0.39, 0.29) is 5.91 Å². The monoisotopic (exact) mass is 366 g/mol. The maximum Gasteiger partial charge on any atom is 0.224 e. The zero-order valence-corrected chi connectivity index (χ0v) is 15.4. The maximum atomic E-state index is 12.2. The highest BCUT2D eigenvalue weighted by Crippen LogP contribution is 2.38. The van der Waals surface area contributed by atoms with Crippen LogP contribution in [0.15, 0.2) is 12.1 Å². The Kier molecular flexibility index (Phi) is 6.82. The number of fused-ring (bicyclic) bond motifs is 1. The largest absolute Gasteiger partial charge is 0.486 e. The predicted molar refractivity (Wildman–Crippen MR) is 98.7 cm³/mol. The van der Waals surface area contributed by atoms with Crippen molar-refractivity contribution in [2.24, 2.45) is 0 Å². The van der Waals surface area contributed by atoms with Crippen molar-refractivity contribution in [3.8, 4) is 11.5 Å². The standard InChI is InChI=1S/C19H27ClN2O3/c20-16-12-15(13-17-19(16)25-11-10-24-17)14-18(23)21-6-5-9-22-7-3-1-2-4-8-22/h12-13H,1-11,14H2,(H,21,23). The first-order valence-electron chi connectivity index (χ1n) is 9.29. The zero-order chi connectivity index (χ0) is 17.5. The van der Waals surface area contributed by atoms with Crippen molar-refractivity contribution in [1.29, 1.82) is 0 Å². The molecule has 0 atom stereocenters. The van der Waals surface area contributed by atoms with Gasteiger partial charge in [-0.15, -0.1) is 0 Å². The first-order chi connectivity index (χ1) is 12.2. The van der Waals surface area contributed by atoms with Gasteiger partial charge in [-0.25, -0.2) is 0 Å². The molecule has 2 aliphatic rings. The molecule has 1 aromatic carbocycles. The van der Waals surface area contributed by atoms with Crippen LogP contribution in [0.2, 0.25) is 5.02 Å². The Morgan fingerprint density at radius 1 is 1.12 bits per heavy atom. The fourth-order valence-corrected chi connectivity index (χ4v) is 3.69. The quantitative estimate of drug-likeness (QED) is 0.786. The lowest BCUT2D eigenvalue weighted by Gasteiger charge is -2.20. The van der Waals surface area contributed by atoms with Gasteiger partial charge in [-0.1, -0.05) is 24.4 Å². The number of ether oxygens (including phenoxy) is 2. The van der Waals surface area contributed by atoms with Crippen molar-refractivity contribution in [1.82, 2.24) is 10.2 Å². The minimum absolute atomic E-state index is 0.0172. The van der Waals surface area contributed by atoms with Gasteiger partial charge in [0.2, 0.25) is 5.91 Å². The first-order valence-corrected chi connectivity index (χ1v) is 9.67. The summed E-state index contributed by atoms with van der Waals surface area (Å²) >= 11 is 6.21. The number of hydrogen-bond acceptors (Lipinski definition) is 4. The van der Waals surface area contributed by atoms with Crippen LogP contribution in [-0.4, -0.2) is 50.2 Å². The molecule has 138 valence electrons. The number of rotatable bonds is 6. The Hall–Kier alpha value is -1.46. The van der Waals surface area contributed by atoms with Crippen molar-refractivity contribution in [2.75, 3.05) is 39.4 Å². The van der Waals surface area contributed by atoms with E-state index in [1.807, 2.05) is 6.07 Å². The van der Waals surface area contributed by atoms with E-state index in [0.29, 0.717) is 42.7 Å². The van der Waals surface area contributed by atoms with Gasteiger partial charge in [0, 0.05) is 6.54 Å². The zero-order valence-electron chi connectivity index (χ0n) is 14.7. The Morgan fingerprint density at radius 3 is 2.68 bits per heavy atom. The fraction of sp³-hybridized carbons (Fsp3) is 0.632. The molecule has 25 heavy (non-hydrogen) atoms.